The van der Waals surface area contributed by atoms with Crippen LogP contribution in [0.15, 0.2) is 29.2 Å². The highest BCUT2D eigenvalue weighted by Gasteiger charge is 2.12. The third kappa shape index (κ3) is 3.40. The summed E-state index contributed by atoms with van der Waals surface area (Å²) in [5, 5.41) is 8.74. The second-order valence-electron chi connectivity index (χ2n) is 5.00. The Morgan fingerprint density at radius 1 is 1.29 bits per heavy atom. The van der Waals surface area contributed by atoms with Crippen LogP contribution in [0.5, 0.6) is 0 Å². The smallest absolute Gasteiger partial charge is 0.238 e. The second-order valence-corrected chi connectivity index (χ2v) is 6.96. The molecule has 0 aliphatic rings. The van der Waals surface area contributed by atoms with Gasteiger partial charge in [-0.3, -0.25) is 0 Å². The summed E-state index contributed by atoms with van der Waals surface area (Å²) >= 11 is 6.09. The summed E-state index contributed by atoms with van der Waals surface area (Å²) in [5.74, 6) is 0. The van der Waals surface area contributed by atoms with Crippen molar-refractivity contribution >= 4 is 27.3 Å². The molecule has 1 aromatic heterocycles. The first kappa shape index (κ1) is 15.9. The highest BCUT2D eigenvalue weighted by molar-refractivity contribution is 7.89. The molecule has 3 N–H and O–H groups in total. The molecule has 114 valence electrons. The van der Waals surface area contributed by atoms with Gasteiger partial charge in [-0.05, 0) is 43.7 Å². The summed E-state index contributed by atoms with van der Waals surface area (Å²) in [6.07, 6.45) is 0. The number of aryl methyl sites for hydroxylation is 1. The number of primary sulfonamides is 1. The molecule has 0 aliphatic heterocycles. The fraction of sp³-hybridized carbons (Fsp3) is 0.286. The Hall–Kier alpha value is -1.50. The van der Waals surface area contributed by atoms with Gasteiger partial charge in [-0.25, -0.2) is 13.6 Å². The number of sulfonamides is 1. The van der Waals surface area contributed by atoms with Gasteiger partial charge in [0.25, 0.3) is 0 Å². The van der Waals surface area contributed by atoms with Gasteiger partial charge in [-0.2, -0.15) is 0 Å². The number of benzene rings is 1. The van der Waals surface area contributed by atoms with E-state index in [2.05, 4.69) is 16.0 Å². The molecule has 0 saturated heterocycles. The minimum absolute atomic E-state index is 0.0374. The van der Waals surface area contributed by atoms with Crippen LogP contribution in [0.1, 0.15) is 17.0 Å². The van der Waals surface area contributed by atoms with Crippen LogP contribution in [0, 0.1) is 13.8 Å². The Balaban J connectivity index is 2.26. The molecule has 0 bridgehead atoms. The molecule has 2 aromatic rings. The first-order valence-corrected chi connectivity index (χ1v) is 8.30. The molecule has 7 heteroatoms. The van der Waals surface area contributed by atoms with E-state index in [0.29, 0.717) is 17.3 Å². The van der Waals surface area contributed by atoms with E-state index in [9.17, 15) is 8.42 Å². The predicted molar refractivity (Wildman–Crippen MR) is 85.0 cm³/mol. The molecule has 1 aromatic carbocycles. The molecule has 0 amide bonds. The summed E-state index contributed by atoms with van der Waals surface area (Å²) in [7, 11) is -1.74. The minimum Gasteiger partial charge on any atom is -0.380 e. The number of hydrogen-bond acceptors (Lipinski definition) is 3. The van der Waals surface area contributed by atoms with Crippen LogP contribution in [-0.2, 0) is 23.6 Å². The van der Waals surface area contributed by atoms with Crippen LogP contribution in [0.25, 0.3) is 0 Å². The largest absolute Gasteiger partial charge is 0.380 e. The number of rotatable bonds is 4. The van der Waals surface area contributed by atoms with Crippen molar-refractivity contribution in [3.63, 3.8) is 0 Å². The van der Waals surface area contributed by atoms with Crippen LogP contribution in [0.3, 0.4) is 0 Å². The summed E-state index contributed by atoms with van der Waals surface area (Å²) in [4.78, 5) is 0.0374. The lowest BCUT2D eigenvalue weighted by molar-refractivity contribution is 0.598. The van der Waals surface area contributed by atoms with Crippen molar-refractivity contribution in [3.05, 3.63) is 46.2 Å². The zero-order valence-electron chi connectivity index (χ0n) is 12.1. The molecule has 0 spiro atoms. The molecule has 0 fully saturated rings. The van der Waals surface area contributed by atoms with Crippen molar-refractivity contribution in [2.75, 3.05) is 5.32 Å². The molecular weight excluding hydrogens is 310 g/mol. The van der Waals surface area contributed by atoms with Gasteiger partial charge in [0, 0.05) is 25.0 Å². The van der Waals surface area contributed by atoms with Gasteiger partial charge in [0.15, 0.2) is 0 Å². The summed E-state index contributed by atoms with van der Waals surface area (Å²) in [6, 6.07) is 6.44. The highest BCUT2D eigenvalue weighted by Crippen LogP contribution is 2.26. The molecule has 0 atom stereocenters. The van der Waals surface area contributed by atoms with Gasteiger partial charge in [0.05, 0.1) is 15.6 Å². The number of nitrogens with two attached hydrogens (primary N) is 1. The lowest BCUT2D eigenvalue weighted by atomic mass is 10.2. The quantitative estimate of drug-likeness (QED) is 0.906. The van der Waals surface area contributed by atoms with Crippen LogP contribution >= 0.6 is 11.6 Å². The second kappa shape index (κ2) is 5.71. The number of nitrogens with one attached hydrogen (secondary N) is 1. The maximum atomic E-state index is 11.4. The Bertz CT molecular complexity index is 782. The third-order valence-corrected chi connectivity index (χ3v) is 4.86. The molecule has 5 nitrogen and oxygen atoms in total. The van der Waals surface area contributed by atoms with E-state index in [1.54, 1.807) is 0 Å². The lowest BCUT2D eigenvalue weighted by Gasteiger charge is -2.10. The number of aromatic nitrogens is 1. The molecule has 21 heavy (non-hydrogen) atoms. The molecule has 0 saturated carbocycles. The van der Waals surface area contributed by atoms with E-state index in [-0.39, 0.29) is 4.90 Å². The number of nitrogens with zero attached hydrogens (tertiary/aromatic N) is 1. The van der Waals surface area contributed by atoms with Gasteiger partial charge in [0.1, 0.15) is 0 Å². The Labute approximate surface area is 129 Å². The maximum absolute atomic E-state index is 11.4. The standard InChI is InChI=1S/C14H18ClN3O2S/c1-9-6-11(10(2)18(9)3)8-17-14-7-12(21(16,19)20)4-5-13(14)15/h4-7,17H,8H2,1-3H3,(H2,16,19,20). The topological polar surface area (TPSA) is 77.1 Å². The van der Waals surface area contributed by atoms with E-state index >= 15 is 0 Å². The summed E-state index contributed by atoms with van der Waals surface area (Å²) < 4.78 is 24.8. The average molecular weight is 328 g/mol. The van der Waals surface area contributed by atoms with Gasteiger partial charge < -0.3 is 9.88 Å². The van der Waals surface area contributed by atoms with Crippen LogP contribution in [0.2, 0.25) is 5.02 Å². The monoisotopic (exact) mass is 327 g/mol. The van der Waals surface area contributed by atoms with Crippen LogP contribution in [-0.4, -0.2) is 13.0 Å². The van der Waals surface area contributed by atoms with Crippen LogP contribution in [0.4, 0.5) is 5.69 Å². The average Bonchev–Trinajstić information content (AvgIpc) is 2.64. The molecule has 0 radical (unpaired) electrons. The number of anilines is 1. The summed E-state index contributed by atoms with van der Waals surface area (Å²) in [5.41, 5.74) is 3.99. The van der Waals surface area contributed by atoms with E-state index in [0.717, 1.165) is 17.0 Å². The maximum Gasteiger partial charge on any atom is 0.238 e. The van der Waals surface area contributed by atoms with Crippen molar-refractivity contribution in [2.45, 2.75) is 25.3 Å². The molecule has 2 rings (SSSR count). The number of hydrogen-bond donors (Lipinski definition) is 2. The van der Waals surface area contributed by atoms with Crippen LogP contribution < -0.4 is 10.5 Å². The normalized spacial score (nSPS) is 11.7. The third-order valence-electron chi connectivity index (χ3n) is 3.62. The van der Waals surface area contributed by atoms with Crippen molar-refractivity contribution < 1.29 is 8.42 Å². The molecule has 0 unspecified atom stereocenters. The first-order valence-electron chi connectivity index (χ1n) is 6.38. The van der Waals surface area contributed by atoms with E-state index in [1.807, 2.05) is 20.9 Å². The fourth-order valence-corrected chi connectivity index (χ4v) is 2.84. The van der Waals surface area contributed by atoms with Gasteiger partial charge >= 0.3 is 0 Å². The summed E-state index contributed by atoms with van der Waals surface area (Å²) in [6.45, 7) is 4.62. The SMILES string of the molecule is Cc1cc(CNc2cc(S(N)(=O)=O)ccc2Cl)c(C)n1C. The zero-order chi connectivity index (χ0) is 15.8. The van der Waals surface area contributed by atoms with Crippen molar-refractivity contribution in [3.8, 4) is 0 Å². The minimum atomic E-state index is -3.74. The highest BCUT2D eigenvalue weighted by atomic mass is 35.5. The first-order chi connectivity index (χ1) is 9.70. The van der Waals surface area contributed by atoms with E-state index in [1.165, 1.54) is 18.2 Å². The van der Waals surface area contributed by atoms with E-state index < -0.39 is 10.0 Å². The molecule has 1 heterocycles. The van der Waals surface area contributed by atoms with Gasteiger partial charge in [-0.15, -0.1) is 0 Å². The van der Waals surface area contributed by atoms with E-state index in [4.69, 9.17) is 16.7 Å². The Kier molecular flexibility index (Phi) is 4.32. The number of halogens is 1. The van der Waals surface area contributed by atoms with Gasteiger partial charge in [-0.1, -0.05) is 11.6 Å². The Morgan fingerprint density at radius 2 is 1.95 bits per heavy atom. The fourth-order valence-electron chi connectivity index (χ4n) is 2.12. The van der Waals surface area contributed by atoms with Crippen molar-refractivity contribution in [1.82, 2.24) is 4.57 Å². The predicted octanol–water partition coefficient (Wildman–Crippen LogP) is 2.55. The van der Waals surface area contributed by atoms with Crippen molar-refractivity contribution in [1.29, 1.82) is 0 Å². The Morgan fingerprint density at radius 3 is 2.48 bits per heavy atom. The molecule has 0 aliphatic carbocycles. The van der Waals surface area contributed by atoms with Crippen molar-refractivity contribution in [2.24, 2.45) is 12.2 Å². The lowest BCUT2D eigenvalue weighted by Crippen LogP contribution is -2.12. The molecular formula is C14H18ClN3O2S. The van der Waals surface area contributed by atoms with Gasteiger partial charge in [0.2, 0.25) is 10.0 Å². The zero-order valence-corrected chi connectivity index (χ0v) is 13.7.